The first-order chi connectivity index (χ1) is 9.83. The molecule has 1 amide bonds. The third kappa shape index (κ3) is 1.69. The van der Waals surface area contributed by atoms with Gasteiger partial charge in [-0.3, -0.25) is 10.00 Å². The van der Waals surface area contributed by atoms with Crippen molar-refractivity contribution in [2.24, 2.45) is 0 Å². The highest BCUT2D eigenvalue weighted by molar-refractivity contribution is 5.90. The lowest BCUT2D eigenvalue weighted by atomic mass is 10.1. The lowest BCUT2D eigenvalue weighted by molar-refractivity contribution is 0.181. The zero-order chi connectivity index (χ0) is 13.5. The molecule has 0 aliphatic carbocycles. The molecule has 0 atom stereocenters. The minimum Gasteiger partial charge on any atom is -0.447 e. The van der Waals surface area contributed by atoms with Crippen molar-refractivity contribution in [2.75, 3.05) is 18.1 Å². The number of benzene rings is 1. The molecule has 20 heavy (non-hydrogen) atoms. The first-order valence-electron chi connectivity index (χ1n) is 6.64. The van der Waals surface area contributed by atoms with Crippen LogP contribution in [-0.4, -0.2) is 29.4 Å². The molecule has 1 saturated heterocycles. The molecular weight excluding hydrogens is 256 g/mol. The van der Waals surface area contributed by atoms with E-state index in [1.54, 1.807) is 4.90 Å². The molecule has 0 spiro atoms. The van der Waals surface area contributed by atoms with E-state index >= 15 is 0 Å². The van der Waals surface area contributed by atoms with Gasteiger partial charge < -0.3 is 10.1 Å². The number of carbonyl (C=O) groups excluding carboxylic acids is 1. The highest BCUT2D eigenvalue weighted by Crippen LogP contribution is 2.30. The van der Waals surface area contributed by atoms with Gasteiger partial charge in [-0.1, -0.05) is 12.1 Å². The zero-order valence-corrected chi connectivity index (χ0v) is 10.8. The minimum absolute atomic E-state index is 0.281. The summed E-state index contributed by atoms with van der Waals surface area (Å²) < 4.78 is 4.98. The number of nitrogens with one attached hydrogen (secondary N) is 2. The quantitative estimate of drug-likeness (QED) is 0.870. The minimum atomic E-state index is -0.281. The number of hydrogen-bond acceptors (Lipinski definition) is 4. The van der Waals surface area contributed by atoms with E-state index in [1.165, 1.54) is 5.56 Å². The predicted octanol–water partition coefficient (Wildman–Crippen LogP) is 1.64. The monoisotopic (exact) mass is 270 g/mol. The van der Waals surface area contributed by atoms with Gasteiger partial charge in [-0.25, -0.2) is 4.79 Å². The number of aromatic nitrogens is 2. The number of anilines is 1. The third-order valence-electron chi connectivity index (χ3n) is 3.75. The fourth-order valence-corrected chi connectivity index (χ4v) is 2.74. The fourth-order valence-electron chi connectivity index (χ4n) is 2.74. The van der Waals surface area contributed by atoms with Gasteiger partial charge in [0.2, 0.25) is 0 Å². The molecule has 102 valence electrons. The van der Waals surface area contributed by atoms with Gasteiger partial charge in [0.1, 0.15) is 6.61 Å². The molecule has 2 aliphatic rings. The second kappa shape index (κ2) is 4.35. The van der Waals surface area contributed by atoms with Crippen molar-refractivity contribution in [1.29, 1.82) is 0 Å². The second-order valence-electron chi connectivity index (χ2n) is 4.95. The standard InChI is InChI=1S/C14H14N4O2/c19-14-18(4-5-20-14)10-3-1-2-9(6-10)13-11-7-15-8-12(11)16-17-13/h1-3,6,15H,4-5,7-8H2,(H,16,17). The summed E-state index contributed by atoms with van der Waals surface area (Å²) in [6, 6.07) is 7.86. The Bertz CT molecular complexity index is 680. The topological polar surface area (TPSA) is 70.2 Å². The molecule has 1 aromatic carbocycles. The normalized spacial score (nSPS) is 17.4. The van der Waals surface area contributed by atoms with E-state index in [2.05, 4.69) is 15.5 Å². The molecule has 1 fully saturated rings. The Morgan fingerprint density at radius 2 is 2.25 bits per heavy atom. The molecule has 3 heterocycles. The second-order valence-corrected chi connectivity index (χ2v) is 4.95. The van der Waals surface area contributed by atoms with Gasteiger partial charge in [0, 0.05) is 29.9 Å². The molecule has 2 aliphatic heterocycles. The van der Waals surface area contributed by atoms with E-state index in [-0.39, 0.29) is 6.09 Å². The Hall–Kier alpha value is -2.34. The molecule has 6 nitrogen and oxygen atoms in total. The van der Waals surface area contributed by atoms with E-state index in [0.717, 1.165) is 35.7 Å². The average molecular weight is 270 g/mol. The van der Waals surface area contributed by atoms with Crippen LogP contribution in [0.4, 0.5) is 10.5 Å². The van der Waals surface area contributed by atoms with Crippen molar-refractivity contribution in [3.8, 4) is 11.3 Å². The van der Waals surface area contributed by atoms with Crippen LogP contribution in [0.1, 0.15) is 11.3 Å². The summed E-state index contributed by atoms with van der Waals surface area (Å²) in [6.07, 6.45) is -0.281. The molecule has 0 saturated carbocycles. The van der Waals surface area contributed by atoms with Crippen LogP contribution in [0.3, 0.4) is 0 Å². The van der Waals surface area contributed by atoms with Crippen molar-refractivity contribution in [2.45, 2.75) is 13.1 Å². The summed E-state index contributed by atoms with van der Waals surface area (Å²) in [5, 5.41) is 10.8. The fraction of sp³-hybridized carbons (Fsp3) is 0.286. The lowest BCUT2D eigenvalue weighted by Gasteiger charge is -2.13. The Morgan fingerprint density at radius 1 is 1.30 bits per heavy atom. The van der Waals surface area contributed by atoms with Gasteiger partial charge in [0.05, 0.1) is 17.9 Å². The number of hydrogen-bond donors (Lipinski definition) is 2. The van der Waals surface area contributed by atoms with Gasteiger partial charge in [0.15, 0.2) is 0 Å². The van der Waals surface area contributed by atoms with E-state index in [9.17, 15) is 4.79 Å². The number of amides is 1. The molecule has 0 unspecified atom stereocenters. The van der Waals surface area contributed by atoms with E-state index in [1.807, 2.05) is 24.3 Å². The molecule has 2 aromatic rings. The number of nitrogens with zero attached hydrogens (tertiary/aromatic N) is 2. The predicted molar refractivity (Wildman–Crippen MR) is 73.3 cm³/mol. The van der Waals surface area contributed by atoms with Crippen LogP contribution in [0.25, 0.3) is 11.3 Å². The summed E-state index contributed by atoms with van der Waals surface area (Å²) >= 11 is 0. The zero-order valence-electron chi connectivity index (χ0n) is 10.8. The SMILES string of the molecule is O=C1OCCN1c1cccc(-c2n[nH]c3c2CNC3)c1. The molecule has 4 rings (SSSR count). The maximum atomic E-state index is 11.6. The molecule has 0 radical (unpaired) electrons. The van der Waals surface area contributed by atoms with Crippen LogP contribution in [0.15, 0.2) is 24.3 Å². The molecule has 6 heteroatoms. The van der Waals surface area contributed by atoms with Crippen LogP contribution in [0, 0.1) is 0 Å². The number of H-pyrrole nitrogens is 1. The van der Waals surface area contributed by atoms with Gasteiger partial charge in [0.25, 0.3) is 0 Å². The van der Waals surface area contributed by atoms with Crippen LogP contribution in [0.2, 0.25) is 0 Å². The Labute approximate surface area is 115 Å². The number of ether oxygens (including phenoxy) is 1. The number of cyclic esters (lactones) is 1. The Balaban J connectivity index is 1.74. The van der Waals surface area contributed by atoms with Crippen LogP contribution in [-0.2, 0) is 17.8 Å². The van der Waals surface area contributed by atoms with Crippen molar-refractivity contribution in [1.82, 2.24) is 15.5 Å². The van der Waals surface area contributed by atoms with Crippen LogP contribution < -0.4 is 10.2 Å². The summed E-state index contributed by atoms with van der Waals surface area (Å²) in [7, 11) is 0. The first kappa shape index (κ1) is 11.5. The van der Waals surface area contributed by atoms with E-state index in [4.69, 9.17) is 4.74 Å². The van der Waals surface area contributed by atoms with Crippen LogP contribution in [0.5, 0.6) is 0 Å². The molecular formula is C14H14N4O2. The van der Waals surface area contributed by atoms with Gasteiger partial charge in [-0.2, -0.15) is 5.10 Å². The summed E-state index contributed by atoms with van der Waals surface area (Å²) in [5.41, 5.74) is 5.19. The van der Waals surface area contributed by atoms with Crippen molar-refractivity contribution in [3.05, 3.63) is 35.5 Å². The molecule has 1 aromatic heterocycles. The number of fused-ring (bicyclic) bond motifs is 1. The van der Waals surface area contributed by atoms with Gasteiger partial charge in [-0.15, -0.1) is 0 Å². The maximum Gasteiger partial charge on any atom is 0.414 e. The molecule has 0 bridgehead atoms. The summed E-state index contributed by atoms with van der Waals surface area (Å²) in [5.74, 6) is 0. The van der Waals surface area contributed by atoms with E-state index < -0.39 is 0 Å². The highest BCUT2D eigenvalue weighted by atomic mass is 16.6. The number of carbonyl (C=O) groups is 1. The Kier molecular flexibility index (Phi) is 2.50. The number of aromatic amines is 1. The summed E-state index contributed by atoms with van der Waals surface area (Å²) in [6.45, 7) is 2.71. The van der Waals surface area contributed by atoms with Crippen LogP contribution >= 0.6 is 0 Å². The largest absolute Gasteiger partial charge is 0.447 e. The maximum absolute atomic E-state index is 11.6. The highest BCUT2D eigenvalue weighted by Gasteiger charge is 2.24. The van der Waals surface area contributed by atoms with E-state index in [0.29, 0.717) is 13.2 Å². The van der Waals surface area contributed by atoms with Crippen molar-refractivity contribution < 1.29 is 9.53 Å². The van der Waals surface area contributed by atoms with Gasteiger partial charge >= 0.3 is 6.09 Å². The first-order valence-corrected chi connectivity index (χ1v) is 6.64. The third-order valence-corrected chi connectivity index (χ3v) is 3.75. The van der Waals surface area contributed by atoms with Crippen molar-refractivity contribution >= 4 is 11.8 Å². The lowest BCUT2D eigenvalue weighted by Crippen LogP contribution is -2.23. The van der Waals surface area contributed by atoms with Crippen molar-refractivity contribution in [3.63, 3.8) is 0 Å². The Morgan fingerprint density at radius 3 is 3.10 bits per heavy atom. The van der Waals surface area contributed by atoms with Gasteiger partial charge in [-0.05, 0) is 12.1 Å². The summed E-state index contributed by atoms with van der Waals surface area (Å²) in [4.78, 5) is 13.3. The molecule has 2 N–H and O–H groups in total. The smallest absolute Gasteiger partial charge is 0.414 e. The number of rotatable bonds is 2. The average Bonchev–Trinajstić information content (AvgIpc) is 3.14.